The minimum Gasteiger partial charge on any atom is -0.744 e. The van der Waals surface area contributed by atoms with Crippen LogP contribution in [-0.2, 0) is 10.1 Å². The second-order valence-corrected chi connectivity index (χ2v) is 15.5. The third-order valence-electron chi connectivity index (χ3n) is 7.48. The predicted molar refractivity (Wildman–Crippen MR) is 147 cm³/mol. The molecular formula is C28H27O3S4-. The highest BCUT2D eigenvalue weighted by atomic mass is 32.2. The van der Waals surface area contributed by atoms with Crippen molar-refractivity contribution >= 4 is 45.4 Å². The van der Waals surface area contributed by atoms with E-state index in [0.717, 1.165) is 5.56 Å². The highest BCUT2D eigenvalue weighted by Gasteiger charge is 2.47. The molecule has 0 spiro atoms. The minimum absolute atomic E-state index is 0.0953. The zero-order valence-electron chi connectivity index (χ0n) is 20.0. The summed E-state index contributed by atoms with van der Waals surface area (Å²) in [6.45, 7) is 8.80. The third kappa shape index (κ3) is 3.98. The van der Waals surface area contributed by atoms with E-state index in [2.05, 4.69) is 64.1 Å². The summed E-state index contributed by atoms with van der Waals surface area (Å²) >= 11 is 5.91. The van der Waals surface area contributed by atoms with E-state index in [1.807, 2.05) is 41.4 Å². The van der Waals surface area contributed by atoms with Crippen LogP contribution >= 0.6 is 35.3 Å². The Balaban J connectivity index is 1.47. The lowest BCUT2D eigenvalue weighted by atomic mass is 9.91. The summed E-state index contributed by atoms with van der Waals surface area (Å²) in [6, 6.07) is 18.6. The molecule has 0 saturated carbocycles. The normalized spacial score (nSPS) is 29.2. The van der Waals surface area contributed by atoms with Crippen molar-refractivity contribution in [3.05, 3.63) is 99.1 Å². The summed E-state index contributed by atoms with van der Waals surface area (Å²) in [5.74, 6) is 0. The Labute approximate surface area is 220 Å². The number of fused-ring (bicyclic) bond motifs is 3. The van der Waals surface area contributed by atoms with Crippen LogP contribution in [0, 0.1) is 13.8 Å². The maximum absolute atomic E-state index is 12.0. The van der Waals surface area contributed by atoms with Crippen LogP contribution in [0.2, 0.25) is 0 Å². The average molecular weight is 540 g/mol. The summed E-state index contributed by atoms with van der Waals surface area (Å²) in [7, 11) is -4.52. The number of hydrogen-bond donors (Lipinski definition) is 0. The lowest BCUT2D eigenvalue weighted by molar-refractivity contribution is 0.463. The monoisotopic (exact) mass is 539 g/mol. The molecule has 6 atom stereocenters. The van der Waals surface area contributed by atoms with Gasteiger partial charge in [-0.3, -0.25) is 0 Å². The zero-order valence-corrected chi connectivity index (χ0v) is 23.3. The van der Waals surface area contributed by atoms with E-state index in [4.69, 9.17) is 0 Å². The van der Waals surface area contributed by atoms with E-state index in [1.54, 1.807) is 6.07 Å². The summed E-state index contributed by atoms with van der Waals surface area (Å²) in [6.07, 6.45) is 0. The molecule has 0 bridgehead atoms. The van der Waals surface area contributed by atoms with Gasteiger partial charge in [-0.2, -0.15) is 0 Å². The maximum Gasteiger partial charge on any atom is 0.124 e. The van der Waals surface area contributed by atoms with Crippen LogP contribution in [0.25, 0.3) is 0 Å². The van der Waals surface area contributed by atoms with E-state index < -0.39 is 10.1 Å². The first-order valence-corrected chi connectivity index (χ1v) is 16.1. The lowest BCUT2D eigenvalue weighted by Crippen LogP contribution is -2.04. The van der Waals surface area contributed by atoms with Crippen molar-refractivity contribution in [1.29, 1.82) is 0 Å². The van der Waals surface area contributed by atoms with Crippen molar-refractivity contribution in [2.45, 2.75) is 64.1 Å². The van der Waals surface area contributed by atoms with E-state index in [0.29, 0.717) is 15.7 Å². The van der Waals surface area contributed by atoms with Crippen LogP contribution in [-0.4, -0.2) is 13.0 Å². The van der Waals surface area contributed by atoms with Crippen LogP contribution < -0.4 is 0 Å². The van der Waals surface area contributed by atoms with Gasteiger partial charge in [-0.1, -0.05) is 53.6 Å². The SMILES string of the molecule is Cc1ccc2c(c1)C(C)SC2C1SC(C2SC(C)c3ccc(C)cc32)c2ccc(S(=O)(=O)[O-])cc21. The molecule has 0 radical (unpaired) electrons. The lowest BCUT2D eigenvalue weighted by Gasteiger charge is -2.23. The first kappa shape index (κ1) is 24.0. The molecule has 0 aromatic heterocycles. The van der Waals surface area contributed by atoms with Gasteiger partial charge in [0.15, 0.2) is 0 Å². The molecule has 6 rings (SSSR count). The maximum atomic E-state index is 12.0. The van der Waals surface area contributed by atoms with Gasteiger partial charge in [0.25, 0.3) is 0 Å². The highest BCUT2D eigenvalue weighted by Crippen LogP contribution is 2.70. The van der Waals surface area contributed by atoms with Gasteiger partial charge in [-0.05, 0) is 73.2 Å². The molecule has 3 heterocycles. The number of hydrogen-bond acceptors (Lipinski definition) is 6. The van der Waals surface area contributed by atoms with E-state index in [1.165, 1.54) is 45.0 Å². The van der Waals surface area contributed by atoms with Crippen molar-refractivity contribution in [1.82, 2.24) is 0 Å². The van der Waals surface area contributed by atoms with Crippen molar-refractivity contribution in [2.75, 3.05) is 0 Å². The molecule has 7 heteroatoms. The van der Waals surface area contributed by atoms with Crippen molar-refractivity contribution < 1.29 is 13.0 Å². The molecule has 0 fully saturated rings. The number of benzene rings is 3. The Bertz CT molecular complexity index is 1450. The molecule has 3 aliphatic rings. The first-order chi connectivity index (χ1) is 16.6. The highest BCUT2D eigenvalue weighted by molar-refractivity contribution is 8.05. The molecular weight excluding hydrogens is 513 g/mol. The molecule has 6 unspecified atom stereocenters. The standard InChI is InChI=1S/C28H28O3S4/c1-14-6-9-20-22(11-14)17(4)33-25(20)28-24-13-18(35(29,30)31)7-10-21(24)26(34-28)27-23-12-15(2)5-8-19(23)16(3)32-27/h5-13,16-17,25-28H,1-4H3,(H,29,30,31)/p-1. The van der Waals surface area contributed by atoms with Gasteiger partial charge in [-0.25, -0.2) is 8.42 Å². The van der Waals surface area contributed by atoms with Crippen molar-refractivity contribution in [2.24, 2.45) is 0 Å². The van der Waals surface area contributed by atoms with Crippen LogP contribution in [0.3, 0.4) is 0 Å². The molecule has 3 nitrogen and oxygen atoms in total. The second-order valence-electron chi connectivity index (χ2n) is 9.88. The van der Waals surface area contributed by atoms with Gasteiger partial charge in [0.1, 0.15) is 10.1 Å². The summed E-state index contributed by atoms with van der Waals surface area (Å²) < 4.78 is 35.9. The fourth-order valence-electron chi connectivity index (χ4n) is 5.81. The second kappa shape index (κ2) is 8.59. The van der Waals surface area contributed by atoms with Gasteiger partial charge in [0, 0.05) is 31.5 Å². The molecule has 0 N–H and O–H groups in total. The zero-order chi connectivity index (χ0) is 24.6. The van der Waals surface area contributed by atoms with Crippen LogP contribution in [0.4, 0.5) is 0 Å². The number of rotatable bonds is 3. The van der Waals surface area contributed by atoms with Crippen LogP contribution in [0.1, 0.15) is 89.9 Å². The van der Waals surface area contributed by atoms with Crippen LogP contribution in [0.15, 0.2) is 59.5 Å². The summed E-state index contributed by atoms with van der Waals surface area (Å²) in [5.41, 5.74) is 10.2. The van der Waals surface area contributed by atoms with Gasteiger partial charge in [-0.15, -0.1) is 35.3 Å². The molecule has 35 heavy (non-hydrogen) atoms. The van der Waals surface area contributed by atoms with Gasteiger partial charge in [0.05, 0.1) is 4.90 Å². The van der Waals surface area contributed by atoms with E-state index in [-0.39, 0.29) is 20.6 Å². The fourth-order valence-corrected chi connectivity index (χ4v) is 11.6. The largest absolute Gasteiger partial charge is 0.744 e. The molecule has 3 aliphatic heterocycles. The molecule has 0 saturated heterocycles. The summed E-state index contributed by atoms with van der Waals surface area (Å²) in [4.78, 5) is -0.119. The molecule has 3 aromatic rings. The molecule has 3 aromatic carbocycles. The van der Waals surface area contributed by atoms with Crippen LogP contribution in [0.5, 0.6) is 0 Å². The Kier molecular flexibility index (Phi) is 5.89. The van der Waals surface area contributed by atoms with Crippen molar-refractivity contribution in [3.8, 4) is 0 Å². The Morgan fingerprint density at radius 3 is 1.74 bits per heavy atom. The molecule has 182 valence electrons. The van der Waals surface area contributed by atoms with Gasteiger partial charge >= 0.3 is 0 Å². The van der Waals surface area contributed by atoms with Gasteiger partial charge in [0.2, 0.25) is 0 Å². The minimum atomic E-state index is -4.52. The third-order valence-corrected chi connectivity index (χ3v) is 13.3. The number of thioether (sulfide) groups is 3. The van der Waals surface area contributed by atoms with E-state index in [9.17, 15) is 13.0 Å². The topological polar surface area (TPSA) is 57.2 Å². The van der Waals surface area contributed by atoms with Crippen molar-refractivity contribution in [3.63, 3.8) is 0 Å². The predicted octanol–water partition coefficient (Wildman–Crippen LogP) is 8.13. The fraction of sp³-hybridized carbons (Fsp3) is 0.357. The Morgan fingerprint density at radius 2 is 1.06 bits per heavy atom. The number of aryl methyl sites for hydroxylation is 2. The first-order valence-electron chi connectivity index (χ1n) is 11.9. The smallest absolute Gasteiger partial charge is 0.124 e. The Morgan fingerprint density at radius 1 is 0.600 bits per heavy atom. The molecule has 0 amide bonds. The quantitative estimate of drug-likeness (QED) is 0.313. The van der Waals surface area contributed by atoms with E-state index >= 15 is 0 Å². The Hall–Kier alpha value is -1.38. The summed E-state index contributed by atoms with van der Waals surface area (Å²) in [5, 5.41) is 1.62. The average Bonchev–Trinajstić information content (AvgIpc) is 3.44. The molecule has 0 aliphatic carbocycles. The van der Waals surface area contributed by atoms with Gasteiger partial charge < -0.3 is 4.55 Å².